The molecule has 2 heterocycles. The second-order valence-electron chi connectivity index (χ2n) is 7.55. The first kappa shape index (κ1) is 17.6. The van der Waals surface area contributed by atoms with Crippen molar-refractivity contribution in [1.29, 1.82) is 0 Å². The van der Waals surface area contributed by atoms with Crippen molar-refractivity contribution in [3.05, 3.63) is 0 Å². The average Bonchev–Trinajstić information content (AvgIpc) is 2.74. The zero-order valence-electron chi connectivity index (χ0n) is 14.8. The normalized spacial score (nSPS) is 28.6. The first-order chi connectivity index (χ1) is 10.6. The van der Waals surface area contributed by atoms with E-state index in [-0.39, 0.29) is 0 Å². The number of hydrogen-bond acceptors (Lipinski definition) is 2. The molecular weight excluding hydrogens is 272 g/mol. The van der Waals surface area contributed by atoms with Crippen molar-refractivity contribution in [2.75, 3.05) is 39.3 Å². The molecule has 0 aliphatic carbocycles. The zero-order valence-corrected chi connectivity index (χ0v) is 14.8. The van der Waals surface area contributed by atoms with E-state index in [1.807, 2.05) is 0 Å². The summed E-state index contributed by atoms with van der Waals surface area (Å²) < 4.78 is 0. The molecule has 0 saturated carbocycles. The minimum absolute atomic E-state index is 0.780. The Morgan fingerprint density at radius 3 is 2.27 bits per heavy atom. The minimum Gasteiger partial charge on any atom is -0.370 e. The molecule has 2 rings (SSSR count). The van der Waals surface area contributed by atoms with E-state index in [1.54, 1.807) is 0 Å². The number of piperidine rings is 1. The number of likely N-dealkylation sites (tertiary alicyclic amines) is 2. The lowest BCUT2D eigenvalue weighted by molar-refractivity contribution is 0.139. The highest BCUT2D eigenvalue weighted by Gasteiger charge is 2.20. The Kier molecular flexibility index (Phi) is 7.50. The molecule has 0 aromatic rings. The maximum Gasteiger partial charge on any atom is 0.191 e. The summed E-state index contributed by atoms with van der Waals surface area (Å²) in [6, 6.07) is 0. The molecule has 22 heavy (non-hydrogen) atoms. The van der Waals surface area contributed by atoms with Crippen LogP contribution >= 0.6 is 0 Å². The molecule has 128 valence electrons. The average molecular weight is 309 g/mol. The van der Waals surface area contributed by atoms with E-state index in [4.69, 9.17) is 5.73 Å². The van der Waals surface area contributed by atoms with Gasteiger partial charge in [0.15, 0.2) is 5.96 Å². The van der Waals surface area contributed by atoms with Gasteiger partial charge in [-0.15, -0.1) is 0 Å². The van der Waals surface area contributed by atoms with Crippen LogP contribution in [0.4, 0.5) is 0 Å². The van der Waals surface area contributed by atoms with E-state index in [9.17, 15) is 0 Å². The molecule has 2 aliphatic rings. The molecule has 2 saturated heterocycles. The van der Waals surface area contributed by atoms with Crippen LogP contribution in [0.3, 0.4) is 0 Å². The van der Waals surface area contributed by atoms with Crippen molar-refractivity contribution in [3.63, 3.8) is 0 Å². The quantitative estimate of drug-likeness (QED) is 0.482. The fourth-order valence-corrected chi connectivity index (χ4v) is 4.02. The number of rotatable bonds is 5. The molecule has 0 spiro atoms. The van der Waals surface area contributed by atoms with Gasteiger partial charge in [-0.05, 0) is 50.5 Å². The molecule has 2 aliphatic heterocycles. The first-order valence-corrected chi connectivity index (χ1v) is 9.42. The molecule has 2 N–H and O–H groups in total. The Balaban J connectivity index is 1.60. The van der Waals surface area contributed by atoms with Crippen LogP contribution in [0.1, 0.15) is 58.8 Å². The van der Waals surface area contributed by atoms with Crippen molar-refractivity contribution in [3.8, 4) is 0 Å². The lowest BCUT2D eigenvalue weighted by Gasteiger charge is -2.34. The monoisotopic (exact) mass is 308 g/mol. The number of nitrogens with zero attached hydrogens (tertiary/aromatic N) is 3. The number of aliphatic imine (C=N–C) groups is 1. The van der Waals surface area contributed by atoms with Gasteiger partial charge in [-0.3, -0.25) is 4.99 Å². The summed E-state index contributed by atoms with van der Waals surface area (Å²) >= 11 is 0. The minimum atomic E-state index is 0.780. The Bertz CT molecular complexity index is 324. The summed E-state index contributed by atoms with van der Waals surface area (Å²) in [6.45, 7) is 11.6. The molecule has 4 nitrogen and oxygen atoms in total. The highest BCUT2D eigenvalue weighted by Crippen LogP contribution is 2.21. The summed E-state index contributed by atoms with van der Waals surface area (Å²) in [6.07, 6.45) is 9.02. The SMILES string of the molecule is CC1CC(C)CN(CCCCN=C(N)N2CCCCCC2)C1. The standard InChI is InChI=1S/C18H36N4/c1-16-13-17(2)15-21(14-16)10-8-5-9-20-18(19)22-11-6-3-4-7-12-22/h16-17H,3-15H2,1-2H3,(H2,19,20). The molecule has 0 aromatic carbocycles. The molecule has 0 aromatic heterocycles. The van der Waals surface area contributed by atoms with Gasteiger partial charge < -0.3 is 15.5 Å². The van der Waals surface area contributed by atoms with E-state index in [1.165, 1.54) is 58.2 Å². The van der Waals surface area contributed by atoms with Gasteiger partial charge in [0.2, 0.25) is 0 Å². The van der Waals surface area contributed by atoms with Crippen molar-refractivity contribution >= 4 is 5.96 Å². The Morgan fingerprint density at radius 1 is 1.00 bits per heavy atom. The lowest BCUT2D eigenvalue weighted by atomic mass is 9.92. The van der Waals surface area contributed by atoms with Crippen LogP contribution in [0.15, 0.2) is 4.99 Å². The third-order valence-corrected chi connectivity index (χ3v) is 5.03. The number of unbranched alkanes of at least 4 members (excludes halogenated alkanes) is 1. The highest BCUT2D eigenvalue weighted by atomic mass is 15.2. The maximum atomic E-state index is 6.14. The highest BCUT2D eigenvalue weighted by molar-refractivity contribution is 5.78. The fourth-order valence-electron chi connectivity index (χ4n) is 4.02. The molecule has 2 fully saturated rings. The van der Waals surface area contributed by atoms with Crippen LogP contribution in [0, 0.1) is 11.8 Å². The van der Waals surface area contributed by atoms with Crippen LogP contribution < -0.4 is 5.73 Å². The van der Waals surface area contributed by atoms with E-state index in [0.29, 0.717) is 0 Å². The smallest absolute Gasteiger partial charge is 0.191 e. The predicted octanol–water partition coefficient (Wildman–Crippen LogP) is 2.94. The number of nitrogens with two attached hydrogens (primary N) is 1. The van der Waals surface area contributed by atoms with Crippen LogP contribution in [0.5, 0.6) is 0 Å². The molecule has 2 unspecified atom stereocenters. The van der Waals surface area contributed by atoms with Crippen molar-refractivity contribution in [2.24, 2.45) is 22.6 Å². The summed E-state index contributed by atoms with van der Waals surface area (Å²) in [5.74, 6) is 2.50. The van der Waals surface area contributed by atoms with Crippen LogP contribution in [-0.2, 0) is 0 Å². The van der Waals surface area contributed by atoms with Gasteiger partial charge in [-0.2, -0.15) is 0 Å². The van der Waals surface area contributed by atoms with Crippen LogP contribution in [-0.4, -0.2) is 55.0 Å². The zero-order chi connectivity index (χ0) is 15.8. The summed E-state index contributed by atoms with van der Waals surface area (Å²) in [7, 11) is 0. The second-order valence-corrected chi connectivity index (χ2v) is 7.55. The maximum absolute atomic E-state index is 6.14. The summed E-state index contributed by atoms with van der Waals surface area (Å²) in [5, 5.41) is 0. The Hall–Kier alpha value is -0.770. The van der Waals surface area contributed by atoms with Crippen molar-refractivity contribution in [1.82, 2.24) is 9.80 Å². The molecule has 4 heteroatoms. The van der Waals surface area contributed by atoms with E-state index < -0.39 is 0 Å². The van der Waals surface area contributed by atoms with Crippen molar-refractivity contribution in [2.45, 2.75) is 58.8 Å². The molecule has 0 amide bonds. The first-order valence-electron chi connectivity index (χ1n) is 9.42. The van der Waals surface area contributed by atoms with Gasteiger partial charge >= 0.3 is 0 Å². The van der Waals surface area contributed by atoms with Crippen molar-refractivity contribution < 1.29 is 0 Å². The van der Waals surface area contributed by atoms with E-state index in [2.05, 4.69) is 28.6 Å². The van der Waals surface area contributed by atoms with Gasteiger partial charge in [0.25, 0.3) is 0 Å². The summed E-state index contributed by atoms with van der Waals surface area (Å²) in [4.78, 5) is 9.52. The topological polar surface area (TPSA) is 44.9 Å². The number of guanidine groups is 1. The summed E-state index contributed by atoms with van der Waals surface area (Å²) in [5.41, 5.74) is 6.14. The van der Waals surface area contributed by atoms with Crippen LogP contribution in [0.2, 0.25) is 0 Å². The largest absolute Gasteiger partial charge is 0.370 e. The second kappa shape index (κ2) is 9.39. The lowest BCUT2D eigenvalue weighted by Crippen LogP contribution is -2.39. The van der Waals surface area contributed by atoms with Gasteiger partial charge in [-0.25, -0.2) is 0 Å². The predicted molar refractivity (Wildman–Crippen MR) is 95.1 cm³/mol. The number of hydrogen-bond donors (Lipinski definition) is 1. The fraction of sp³-hybridized carbons (Fsp3) is 0.944. The molecule has 2 atom stereocenters. The van der Waals surface area contributed by atoms with E-state index in [0.717, 1.165) is 43.9 Å². The van der Waals surface area contributed by atoms with Gasteiger partial charge in [-0.1, -0.05) is 26.7 Å². The van der Waals surface area contributed by atoms with E-state index >= 15 is 0 Å². The van der Waals surface area contributed by atoms with Gasteiger partial charge in [0, 0.05) is 32.7 Å². The Morgan fingerprint density at radius 2 is 1.64 bits per heavy atom. The third-order valence-electron chi connectivity index (χ3n) is 5.03. The molecular formula is C18H36N4. The third kappa shape index (κ3) is 6.15. The van der Waals surface area contributed by atoms with Gasteiger partial charge in [0.05, 0.1) is 0 Å². The Labute approximate surface area is 137 Å². The molecule has 0 bridgehead atoms. The van der Waals surface area contributed by atoms with Crippen LogP contribution in [0.25, 0.3) is 0 Å². The van der Waals surface area contributed by atoms with Gasteiger partial charge in [0.1, 0.15) is 0 Å². The molecule has 0 radical (unpaired) electrons.